The maximum atomic E-state index is 14.2. The van der Waals surface area contributed by atoms with Gasteiger partial charge in [-0.2, -0.15) is 30.4 Å². The Balaban J connectivity index is 0.000000242. The summed E-state index contributed by atoms with van der Waals surface area (Å²) < 4.78 is 79.0. The summed E-state index contributed by atoms with van der Waals surface area (Å²) in [5, 5.41) is 63.1. The maximum Gasteiger partial charge on any atom is 0.438 e. The molecule has 34 heteroatoms. The second kappa shape index (κ2) is 59.4. The normalized spacial score (nSPS) is 10.5. The molecule has 6 amide bonds. The van der Waals surface area contributed by atoms with Crippen molar-refractivity contribution in [3.63, 3.8) is 0 Å². The van der Waals surface area contributed by atoms with Crippen LogP contribution in [0.2, 0.25) is 5.02 Å². The number of hydroxylamine groups is 6. The average Bonchev–Trinajstić information content (AvgIpc) is 0.833. The number of ether oxygens (including phenoxy) is 12. The van der Waals surface area contributed by atoms with E-state index in [-0.39, 0.29) is 61.6 Å². The lowest BCUT2D eigenvalue weighted by Gasteiger charge is -2.20. The van der Waals surface area contributed by atoms with Gasteiger partial charge in [-0.1, -0.05) is 160 Å². The van der Waals surface area contributed by atoms with Crippen molar-refractivity contribution < 1.29 is 121 Å². The third-order valence-corrected chi connectivity index (χ3v) is 26.9. The summed E-state index contributed by atoms with van der Waals surface area (Å²) in [5.41, 5.74) is 26.5. The molecule has 0 aliphatic rings. The van der Waals surface area contributed by atoms with Crippen molar-refractivity contribution >= 4 is 121 Å². The fourth-order valence-electron chi connectivity index (χ4n) is 15.0. The van der Waals surface area contributed by atoms with Gasteiger partial charge < -0.3 is 56.8 Å². The van der Waals surface area contributed by atoms with Gasteiger partial charge in [0.05, 0.1) is 82.3 Å². The zero-order valence-corrected chi connectivity index (χ0v) is 93.6. The molecule has 12 aromatic rings. The van der Waals surface area contributed by atoms with Crippen molar-refractivity contribution in [2.24, 2.45) is 0 Å². The van der Waals surface area contributed by atoms with Crippen LogP contribution in [0.25, 0.3) is 0 Å². The minimum Gasteiger partial charge on any atom is -0.489 e. The van der Waals surface area contributed by atoms with Crippen LogP contribution in [0.4, 0.5) is 67.3 Å². The third-order valence-electron chi connectivity index (χ3n) is 24.8. The van der Waals surface area contributed by atoms with Crippen LogP contribution in [0.1, 0.15) is 181 Å². The summed E-state index contributed by atoms with van der Waals surface area (Å²) in [6.07, 6.45) is -0.237. The van der Waals surface area contributed by atoms with Crippen LogP contribution in [-0.4, -0.2) is 110 Å². The van der Waals surface area contributed by atoms with Crippen molar-refractivity contribution in [1.82, 2.24) is 0 Å². The number of halogens is 4. The molecule has 0 radical (unpaired) electrons. The van der Waals surface area contributed by atoms with E-state index in [9.17, 15) is 64.4 Å². The van der Waals surface area contributed by atoms with Crippen LogP contribution >= 0.6 is 50.1 Å². The van der Waals surface area contributed by atoms with Gasteiger partial charge in [-0.05, 0) is 354 Å². The number of amides is 6. The highest BCUT2D eigenvalue weighted by Crippen LogP contribution is 2.39. The number of anilines is 6. The molecule has 0 spiro atoms. The first-order valence-electron chi connectivity index (χ1n) is 48.0. The van der Waals surface area contributed by atoms with Crippen LogP contribution in [0.3, 0.4) is 0 Å². The fourth-order valence-corrected chi connectivity index (χ4v) is 16.4. The fraction of sp³-hybridized carbons (Fsp3) is 0.322. The highest BCUT2D eigenvalue weighted by Gasteiger charge is 2.28. The molecule has 30 nitrogen and oxygen atoms in total. The summed E-state index contributed by atoms with van der Waals surface area (Å²) >= 11 is 11.9. The molecule has 0 bridgehead atoms. The van der Waals surface area contributed by atoms with Crippen molar-refractivity contribution in [2.75, 3.05) is 73.0 Å². The first-order valence-corrected chi connectivity index (χ1v) is 50.2. The number of carbonyl (C=O) groups is 6. The second-order valence-corrected chi connectivity index (χ2v) is 36.9. The average molecular weight is 2250 g/mol. The predicted octanol–water partition coefficient (Wildman–Crippen LogP) is 28.9. The molecule has 12 rings (SSSR count). The van der Waals surface area contributed by atoms with E-state index in [2.05, 4.69) is 167 Å². The Morgan fingerprint density at radius 2 is 0.497 bits per heavy atom. The number of hydrogen-bond acceptors (Lipinski definition) is 24. The van der Waals surface area contributed by atoms with E-state index in [0.29, 0.717) is 75.5 Å². The Morgan fingerprint density at radius 3 is 0.826 bits per heavy atom. The van der Waals surface area contributed by atoms with Crippen LogP contribution < -0.4 is 58.8 Å². The third kappa shape index (κ3) is 33.4. The van der Waals surface area contributed by atoms with Crippen LogP contribution in [0.15, 0.2) is 193 Å². The van der Waals surface area contributed by atoms with Gasteiger partial charge in [0.25, 0.3) is 0 Å². The molecule has 12 aromatic carbocycles. The van der Waals surface area contributed by atoms with E-state index < -0.39 is 42.4 Å². The van der Waals surface area contributed by atoms with Gasteiger partial charge in [0.1, 0.15) is 80.0 Å². The highest BCUT2D eigenvalue weighted by atomic mass is 127. The van der Waals surface area contributed by atoms with Crippen molar-refractivity contribution in [2.45, 2.75) is 210 Å². The molecular formula is C115H136BrClFIN6O24. The molecular weight excluding hydrogens is 2110 g/mol. The van der Waals surface area contributed by atoms with E-state index in [1.54, 1.807) is 72.8 Å². The SMILES string of the molecule is CCc1cc(C)c(C)cc1OCc1c(Br)cccc1N(O)C(=O)OC.CCc1cc(C)c(C)cc1OCc1c(C)cccc1N(O)C(=O)OC.CCc1cc(C)c(C)cc1OCc1c(Cl)cccc1N(O)C(=O)OC.CCc1cc(C)c(C)cc1OCc1c(F)cccc1N(O)C(=O)OC.CCc1cc(C)c(C)cc1OCc1c(I)cccc1N(O)C(=O)OC.CCc1cc(C)c(C)cc1OCc1ccccc1N(O)C(=O)OC. The smallest absolute Gasteiger partial charge is 0.438 e. The number of nitrogens with zero attached hydrogens (tertiary/aromatic N) is 6. The molecule has 798 valence electrons. The van der Waals surface area contributed by atoms with Crippen LogP contribution in [0.5, 0.6) is 34.5 Å². The first kappa shape index (κ1) is 122. The van der Waals surface area contributed by atoms with E-state index >= 15 is 0 Å². The number of hydrogen-bond donors (Lipinski definition) is 6. The molecule has 6 N–H and O–H groups in total. The number of carbonyl (C=O) groups excluding carboxylic acids is 6. The van der Waals surface area contributed by atoms with Crippen LogP contribution in [0, 0.1) is 99.4 Å². The Hall–Kier alpha value is -13.8. The van der Waals surface area contributed by atoms with E-state index in [4.69, 9.17) is 40.0 Å². The van der Waals surface area contributed by atoms with Gasteiger partial charge in [-0.15, -0.1) is 0 Å². The maximum absolute atomic E-state index is 14.2. The summed E-state index contributed by atoms with van der Waals surface area (Å²) in [7, 11) is 7.19. The summed E-state index contributed by atoms with van der Waals surface area (Å²) in [4.78, 5) is 69.6. The Morgan fingerprint density at radius 1 is 0.268 bits per heavy atom. The molecule has 0 fully saturated rings. The summed E-state index contributed by atoms with van der Waals surface area (Å²) in [6.45, 7) is 39.8. The van der Waals surface area contributed by atoms with Crippen molar-refractivity contribution in [1.29, 1.82) is 0 Å². The number of para-hydroxylation sites is 1. The van der Waals surface area contributed by atoms with Crippen LogP contribution in [-0.2, 0) is 107 Å². The highest BCUT2D eigenvalue weighted by molar-refractivity contribution is 14.1. The molecule has 0 unspecified atom stereocenters. The van der Waals surface area contributed by atoms with Gasteiger partial charge in [0, 0.05) is 40.9 Å². The molecule has 149 heavy (non-hydrogen) atoms. The molecule has 0 aliphatic heterocycles. The van der Waals surface area contributed by atoms with E-state index in [1.807, 2.05) is 129 Å². The summed E-state index contributed by atoms with van der Waals surface area (Å²) in [6, 6.07) is 56.4. The van der Waals surface area contributed by atoms with Gasteiger partial charge in [-0.25, -0.2) is 33.2 Å². The standard InChI is InChI=1S/C20H25NO4.C19H22BrNO4.C19H22ClNO4.C19H22FNO4.C19H22INO4.C19H23NO4/c1-6-16-10-14(3)15(4)11-19(16)25-12-17-13(2)8-7-9-18(17)21(23)20(22)24-5;4*1-5-14-9-12(2)13(3)10-18(14)25-11-15-16(20)7-6-8-17(15)21(23)19(22)24-4;1-5-15-10-13(2)14(3)11-18(15)24-12-16-8-6-7-9-17(16)20(22)19(21)23-4/h7-11,23H,6,12H2,1-5H3;4*6-10,23H,5,11H2,1-4H3;6-11,22H,5,12H2,1-4H3. The number of rotatable bonds is 30. The zero-order valence-electron chi connectivity index (χ0n) is 89.1. The number of methoxy groups -OCH3 is 6. The lowest BCUT2D eigenvalue weighted by molar-refractivity contribution is 0.140. The molecule has 0 aliphatic carbocycles. The molecule has 0 saturated heterocycles. The Kier molecular flexibility index (Phi) is 48.7. The minimum atomic E-state index is -1.01. The molecule has 0 atom stereocenters. The lowest BCUT2D eigenvalue weighted by atomic mass is 10.0. The Labute approximate surface area is 899 Å². The quantitative estimate of drug-likeness (QED) is 0.0105. The predicted molar refractivity (Wildman–Crippen MR) is 587 cm³/mol. The summed E-state index contributed by atoms with van der Waals surface area (Å²) in [5.74, 6) is 4.10. The van der Waals surface area contributed by atoms with E-state index in [0.717, 1.165) is 171 Å². The monoisotopic (exact) mass is 2240 g/mol. The van der Waals surface area contributed by atoms with Gasteiger partial charge >= 0.3 is 36.6 Å². The number of aryl methyl sites for hydroxylation is 19. The van der Waals surface area contributed by atoms with Gasteiger partial charge in [-0.3, -0.25) is 31.2 Å². The van der Waals surface area contributed by atoms with Crippen molar-refractivity contribution in [3.8, 4) is 34.5 Å². The largest absolute Gasteiger partial charge is 0.489 e. The van der Waals surface area contributed by atoms with Gasteiger partial charge in [0.2, 0.25) is 0 Å². The zero-order chi connectivity index (χ0) is 110. The molecule has 0 aromatic heterocycles. The minimum absolute atomic E-state index is 0.0197. The van der Waals surface area contributed by atoms with E-state index in [1.165, 1.54) is 81.6 Å². The first-order chi connectivity index (χ1) is 70.9. The number of benzene rings is 12. The second-order valence-electron chi connectivity index (χ2n) is 34.5. The Bertz CT molecular complexity index is 5870. The van der Waals surface area contributed by atoms with Crippen molar-refractivity contribution in [3.05, 3.63) is 346 Å². The molecule has 0 saturated carbocycles. The van der Waals surface area contributed by atoms with Gasteiger partial charge in [0.15, 0.2) is 0 Å². The topological polar surface area (TPSA) is 354 Å². The molecule has 0 heterocycles. The lowest BCUT2D eigenvalue weighted by Crippen LogP contribution is -2.28.